The third-order valence-electron chi connectivity index (χ3n) is 2.94. The van der Waals surface area contributed by atoms with Crippen LogP contribution >= 0.6 is 0 Å². The Morgan fingerprint density at radius 3 is 3.19 bits per heavy atom. The standard InChI is InChI=1S/C12H17NO3/c1-15-12(14)11-5-4-10(16-11)7-9-3-2-6-13-8-9/h4-5,9,13H,2-3,6-8H2,1H3. The van der Waals surface area contributed by atoms with Crippen molar-refractivity contribution < 1.29 is 13.9 Å². The molecule has 2 heterocycles. The Kier molecular flexibility index (Phi) is 3.62. The van der Waals surface area contributed by atoms with E-state index in [0.717, 1.165) is 25.3 Å². The fourth-order valence-electron chi connectivity index (χ4n) is 2.08. The largest absolute Gasteiger partial charge is 0.463 e. The van der Waals surface area contributed by atoms with Gasteiger partial charge in [-0.1, -0.05) is 0 Å². The predicted octanol–water partition coefficient (Wildman–Crippen LogP) is 1.61. The zero-order valence-corrected chi connectivity index (χ0v) is 9.49. The molecule has 0 saturated carbocycles. The Morgan fingerprint density at radius 2 is 2.50 bits per heavy atom. The van der Waals surface area contributed by atoms with E-state index in [1.165, 1.54) is 20.0 Å². The quantitative estimate of drug-likeness (QED) is 0.791. The smallest absolute Gasteiger partial charge is 0.373 e. The molecular formula is C12H17NO3. The van der Waals surface area contributed by atoms with Crippen LogP contribution in [0, 0.1) is 5.92 Å². The Labute approximate surface area is 95.0 Å². The number of piperidine rings is 1. The summed E-state index contributed by atoms with van der Waals surface area (Å²) in [5.74, 6) is 1.37. The Bertz CT molecular complexity index is 353. The molecule has 88 valence electrons. The molecule has 0 amide bonds. The van der Waals surface area contributed by atoms with Crippen LogP contribution in [-0.2, 0) is 11.2 Å². The van der Waals surface area contributed by atoms with Gasteiger partial charge in [0, 0.05) is 6.42 Å². The molecule has 1 aromatic rings. The van der Waals surface area contributed by atoms with Gasteiger partial charge in [-0.2, -0.15) is 0 Å². The van der Waals surface area contributed by atoms with E-state index in [0.29, 0.717) is 11.7 Å². The minimum atomic E-state index is -0.409. The van der Waals surface area contributed by atoms with E-state index in [2.05, 4.69) is 10.1 Å². The SMILES string of the molecule is COC(=O)c1ccc(CC2CCCNC2)o1. The lowest BCUT2D eigenvalue weighted by Crippen LogP contribution is -2.30. The third kappa shape index (κ3) is 2.64. The average Bonchev–Trinajstić information content (AvgIpc) is 2.78. The maximum absolute atomic E-state index is 11.2. The van der Waals surface area contributed by atoms with Crippen LogP contribution in [0.5, 0.6) is 0 Å². The normalized spacial score (nSPS) is 20.7. The van der Waals surface area contributed by atoms with E-state index in [-0.39, 0.29) is 0 Å². The van der Waals surface area contributed by atoms with Crippen LogP contribution in [0.2, 0.25) is 0 Å². The van der Waals surface area contributed by atoms with E-state index in [4.69, 9.17) is 4.42 Å². The monoisotopic (exact) mass is 223 g/mol. The number of carbonyl (C=O) groups excluding carboxylic acids is 1. The lowest BCUT2D eigenvalue weighted by atomic mass is 9.95. The molecule has 0 bridgehead atoms. The summed E-state index contributed by atoms with van der Waals surface area (Å²) in [4.78, 5) is 11.2. The molecule has 1 fully saturated rings. The third-order valence-corrected chi connectivity index (χ3v) is 2.94. The Morgan fingerprint density at radius 1 is 1.62 bits per heavy atom. The summed E-state index contributed by atoms with van der Waals surface area (Å²) in [6.07, 6.45) is 3.33. The second-order valence-electron chi connectivity index (χ2n) is 4.17. The maximum atomic E-state index is 11.2. The van der Waals surface area contributed by atoms with Crippen molar-refractivity contribution in [2.24, 2.45) is 5.92 Å². The molecular weight excluding hydrogens is 206 g/mol. The number of hydrogen-bond acceptors (Lipinski definition) is 4. The summed E-state index contributed by atoms with van der Waals surface area (Å²) in [5, 5.41) is 3.36. The van der Waals surface area contributed by atoms with Crippen LogP contribution in [-0.4, -0.2) is 26.2 Å². The summed E-state index contributed by atoms with van der Waals surface area (Å²) in [6, 6.07) is 3.54. The minimum absolute atomic E-state index is 0.293. The van der Waals surface area contributed by atoms with Crippen LogP contribution in [0.1, 0.15) is 29.2 Å². The molecule has 16 heavy (non-hydrogen) atoms. The molecule has 1 unspecified atom stereocenters. The molecule has 4 nitrogen and oxygen atoms in total. The van der Waals surface area contributed by atoms with Gasteiger partial charge >= 0.3 is 5.97 Å². The Balaban J connectivity index is 1.94. The zero-order valence-electron chi connectivity index (χ0n) is 9.49. The minimum Gasteiger partial charge on any atom is -0.463 e. The summed E-state index contributed by atoms with van der Waals surface area (Å²) in [5.41, 5.74) is 0. The lowest BCUT2D eigenvalue weighted by molar-refractivity contribution is 0.0562. The van der Waals surface area contributed by atoms with E-state index in [1.807, 2.05) is 6.07 Å². The fourth-order valence-corrected chi connectivity index (χ4v) is 2.08. The van der Waals surface area contributed by atoms with Crippen molar-refractivity contribution in [2.45, 2.75) is 19.3 Å². The summed E-state index contributed by atoms with van der Waals surface area (Å²) < 4.78 is 10.0. The number of esters is 1. The maximum Gasteiger partial charge on any atom is 0.373 e. The van der Waals surface area contributed by atoms with Crippen LogP contribution in [0.3, 0.4) is 0 Å². The topological polar surface area (TPSA) is 51.5 Å². The van der Waals surface area contributed by atoms with E-state index in [1.54, 1.807) is 6.07 Å². The van der Waals surface area contributed by atoms with Crippen molar-refractivity contribution in [3.8, 4) is 0 Å². The van der Waals surface area contributed by atoms with Crippen molar-refractivity contribution in [1.82, 2.24) is 5.32 Å². The van der Waals surface area contributed by atoms with Crippen LogP contribution in [0.4, 0.5) is 0 Å². The van der Waals surface area contributed by atoms with E-state index < -0.39 is 5.97 Å². The molecule has 1 atom stereocenters. The highest BCUT2D eigenvalue weighted by Gasteiger charge is 2.17. The highest BCUT2D eigenvalue weighted by molar-refractivity contribution is 5.86. The average molecular weight is 223 g/mol. The number of hydrogen-bond donors (Lipinski definition) is 1. The highest BCUT2D eigenvalue weighted by Crippen LogP contribution is 2.18. The molecule has 1 N–H and O–H groups in total. The van der Waals surface area contributed by atoms with E-state index >= 15 is 0 Å². The van der Waals surface area contributed by atoms with Crippen LogP contribution in [0.15, 0.2) is 16.5 Å². The molecule has 1 aliphatic rings. The van der Waals surface area contributed by atoms with Gasteiger partial charge in [0.25, 0.3) is 0 Å². The van der Waals surface area contributed by atoms with Crippen molar-refractivity contribution in [2.75, 3.05) is 20.2 Å². The second kappa shape index (κ2) is 5.16. The molecule has 4 heteroatoms. The molecule has 0 aliphatic carbocycles. The van der Waals surface area contributed by atoms with Gasteiger partial charge in [-0.15, -0.1) is 0 Å². The van der Waals surface area contributed by atoms with Gasteiger partial charge in [0.2, 0.25) is 5.76 Å². The molecule has 0 aromatic carbocycles. The predicted molar refractivity (Wildman–Crippen MR) is 59.3 cm³/mol. The highest BCUT2D eigenvalue weighted by atomic mass is 16.5. The number of methoxy groups -OCH3 is 1. The number of furan rings is 1. The van der Waals surface area contributed by atoms with Crippen LogP contribution in [0.25, 0.3) is 0 Å². The van der Waals surface area contributed by atoms with Crippen molar-refractivity contribution in [3.05, 3.63) is 23.7 Å². The number of rotatable bonds is 3. The first-order valence-electron chi connectivity index (χ1n) is 5.67. The van der Waals surface area contributed by atoms with Gasteiger partial charge in [-0.3, -0.25) is 0 Å². The zero-order chi connectivity index (χ0) is 11.4. The fraction of sp³-hybridized carbons (Fsp3) is 0.583. The molecule has 1 saturated heterocycles. The summed E-state index contributed by atoms with van der Waals surface area (Å²) in [7, 11) is 1.36. The molecule has 2 rings (SSSR count). The second-order valence-corrected chi connectivity index (χ2v) is 4.17. The number of nitrogens with one attached hydrogen (secondary N) is 1. The van der Waals surface area contributed by atoms with Gasteiger partial charge in [0.05, 0.1) is 7.11 Å². The molecule has 1 aromatic heterocycles. The number of ether oxygens (including phenoxy) is 1. The van der Waals surface area contributed by atoms with Gasteiger partial charge < -0.3 is 14.5 Å². The van der Waals surface area contributed by atoms with Crippen molar-refractivity contribution in [1.29, 1.82) is 0 Å². The van der Waals surface area contributed by atoms with Gasteiger partial charge in [0.15, 0.2) is 0 Å². The Hall–Kier alpha value is -1.29. The number of carbonyl (C=O) groups is 1. The van der Waals surface area contributed by atoms with Crippen LogP contribution < -0.4 is 5.32 Å². The first kappa shape index (κ1) is 11.2. The molecule has 0 radical (unpaired) electrons. The van der Waals surface area contributed by atoms with Gasteiger partial charge in [-0.25, -0.2) is 4.79 Å². The first-order chi connectivity index (χ1) is 7.79. The van der Waals surface area contributed by atoms with Crippen molar-refractivity contribution >= 4 is 5.97 Å². The van der Waals surface area contributed by atoms with Gasteiger partial charge in [-0.05, 0) is 44.0 Å². The molecule has 1 aliphatic heterocycles. The lowest BCUT2D eigenvalue weighted by Gasteiger charge is -2.21. The van der Waals surface area contributed by atoms with Crippen molar-refractivity contribution in [3.63, 3.8) is 0 Å². The molecule has 0 spiro atoms. The first-order valence-corrected chi connectivity index (χ1v) is 5.67. The summed E-state index contributed by atoms with van der Waals surface area (Å²) >= 11 is 0. The van der Waals surface area contributed by atoms with Gasteiger partial charge in [0.1, 0.15) is 5.76 Å². The summed E-state index contributed by atoms with van der Waals surface area (Å²) in [6.45, 7) is 2.15. The van der Waals surface area contributed by atoms with E-state index in [9.17, 15) is 4.79 Å².